The standard InChI is InChI=1S/C8H15F/c1-3-8(9)6-4-5-7(8)2/h7H,3-6H2,1-2H3. The molecular weight excluding hydrogens is 115 g/mol. The molecule has 2 atom stereocenters. The first-order chi connectivity index (χ1) is 4.19. The first-order valence-electron chi connectivity index (χ1n) is 3.88. The van der Waals surface area contributed by atoms with Crippen molar-refractivity contribution in [2.75, 3.05) is 0 Å². The molecule has 0 N–H and O–H groups in total. The third kappa shape index (κ3) is 1.10. The van der Waals surface area contributed by atoms with E-state index in [0.29, 0.717) is 12.3 Å². The molecule has 9 heavy (non-hydrogen) atoms. The molecule has 0 nitrogen and oxygen atoms in total. The fourth-order valence-corrected chi connectivity index (χ4v) is 1.73. The minimum Gasteiger partial charge on any atom is -0.244 e. The van der Waals surface area contributed by atoms with Crippen LogP contribution in [-0.2, 0) is 0 Å². The summed E-state index contributed by atoms with van der Waals surface area (Å²) in [4.78, 5) is 0. The Hall–Kier alpha value is -0.0700. The van der Waals surface area contributed by atoms with Crippen LogP contribution in [0.25, 0.3) is 0 Å². The highest BCUT2D eigenvalue weighted by Gasteiger charge is 2.38. The van der Waals surface area contributed by atoms with Gasteiger partial charge in [0.2, 0.25) is 0 Å². The van der Waals surface area contributed by atoms with E-state index in [0.717, 1.165) is 19.3 Å². The summed E-state index contributed by atoms with van der Waals surface area (Å²) in [6, 6.07) is 0. The third-order valence-corrected chi connectivity index (χ3v) is 2.70. The highest BCUT2D eigenvalue weighted by molar-refractivity contribution is 4.88. The minimum absolute atomic E-state index is 0.308. The lowest BCUT2D eigenvalue weighted by molar-refractivity contribution is 0.114. The third-order valence-electron chi connectivity index (χ3n) is 2.70. The van der Waals surface area contributed by atoms with Gasteiger partial charge in [0.1, 0.15) is 5.67 Å². The van der Waals surface area contributed by atoms with Crippen molar-refractivity contribution in [3.05, 3.63) is 0 Å². The average molecular weight is 130 g/mol. The second-order valence-corrected chi connectivity index (χ2v) is 3.18. The van der Waals surface area contributed by atoms with Crippen LogP contribution in [0.3, 0.4) is 0 Å². The molecular formula is C8H15F. The Balaban J connectivity index is 2.56. The predicted octanol–water partition coefficient (Wildman–Crippen LogP) is 2.92. The van der Waals surface area contributed by atoms with Crippen LogP contribution < -0.4 is 0 Å². The summed E-state index contributed by atoms with van der Waals surface area (Å²) in [5.74, 6) is 0.308. The van der Waals surface area contributed by atoms with Crippen LogP contribution >= 0.6 is 0 Å². The van der Waals surface area contributed by atoms with E-state index in [1.54, 1.807) is 0 Å². The Kier molecular flexibility index (Phi) is 1.78. The lowest BCUT2D eigenvalue weighted by atomic mass is 9.92. The van der Waals surface area contributed by atoms with E-state index in [1.807, 2.05) is 13.8 Å². The van der Waals surface area contributed by atoms with E-state index in [1.165, 1.54) is 0 Å². The van der Waals surface area contributed by atoms with Crippen molar-refractivity contribution in [1.29, 1.82) is 0 Å². The SMILES string of the molecule is CCC1(F)CCCC1C. The van der Waals surface area contributed by atoms with Crippen LogP contribution in [-0.4, -0.2) is 5.67 Å². The van der Waals surface area contributed by atoms with Crippen LogP contribution in [0.4, 0.5) is 4.39 Å². The molecule has 0 amide bonds. The molecule has 0 aromatic carbocycles. The molecule has 0 spiro atoms. The van der Waals surface area contributed by atoms with Crippen molar-refractivity contribution >= 4 is 0 Å². The number of halogens is 1. The molecule has 1 rings (SSSR count). The average Bonchev–Trinajstić information content (AvgIpc) is 2.15. The maximum Gasteiger partial charge on any atom is 0.113 e. The van der Waals surface area contributed by atoms with Crippen LogP contribution in [0.5, 0.6) is 0 Å². The fourth-order valence-electron chi connectivity index (χ4n) is 1.73. The maximum absolute atomic E-state index is 13.4. The highest BCUT2D eigenvalue weighted by Crippen LogP contribution is 2.40. The fraction of sp³-hybridized carbons (Fsp3) is 1.00. The van der Waals surface area contributed by atoms with Gasteiger partial charge in [-0.1, -0.05) is 13.8 Å². The summed E-state index contributed by atoms with van der Waals surface area (Å²) in [6.45, 7) is 3.97. The van der Waals surface area contributed by atoms with Gasteiger partial charge in [0.05, 0.1) is 0 Å². The van der Waals surface area contributed by atoms with Gasteiger partial charge in [-0.3, -0.25) is 0 Å². The number of hydrogen-bond donors (Lipinski definition) is 0. The number of hydrogen-bond acceptors (Lipinski definition) is 0. The quantitative estimate of drug-likeness (QED) is 0.512. The van der Waals surface area contributed by atoms with E-state index in [2.05, 4.69) is 0 Å². The van der Waals surface area contributed by atoms with E-state index in [-0.39, 0.29) is 0 Å². The lowest BCUT2D eigenvalue weighted by Crippen LogP contribution is -2.24. The normalized spacial score (nSPS) is 43.7. The van der Waals surface area contributed by atoms with Crippen LogP contribution in [0, 0.1) is 5.92 Å². The Morgan fingerprint density at radius 2 is 2.33 bits per heavy atom. The Labute approximate surface area is 56.5 Å². The van der Waals surface area contributed by atoms with Crippen molar-refractivity contribution in [2.45, 2.75) is 45.2 Å². The Morgan fingerprint density at radius 1 is 1.67 bits per heavy atom. The van der Waals surface area contributed by atoms with Gasteiger partial charge in [0.15, 0.2) is 0 Å². The maximum atomic E-state index is 13.4. The van der Waals surface area contributed by atoms with Crippen LogP contribution in [0.2, 0.25) is 0 Å². The van der Waals surface area contributed by atoms with Crippen LogP contribution in [0.15, 0.2) is 0 Å². The van der Waals surface area contributed by atoms with E-state index < -0.39 is 5.67 Å². The zero-order chi connectivity index (χ0) is 6.91. The molecule has 0 aliphatic heterocycles. The van der Waals surface area contributed by atoms with Gasteiger partial charge in [-0.25, -0.2) is 4.39 Å². The molecule has 1 fully saturated rings. The zero-order valence-corrected chi connectivity index (χ0v) is 6.28. The van der Waals surface area contributed by atoms with Gasteiger partial charge >= 0.3 is 0 Å². The summed E-state index contributed by atoms with van der Waals surface area (Å²) in [6.07, 6.45) is 3.68. The summed E-state index contributed by atoms with van der Waals surface area (Å²) < 4.78 is 13.4. The molecule has 1 saturated carbocycles. The van der Waals surface area contributed by atoms with Gasteiger partial charge in [-0.2, -0.15) is 0 Å². The lowest BCUT2D eigenvalue weighted by Gasteiger charge is -2.21. The summed E-state index contributed by atoms with van der Waals surface area (Å²) >= 11 is 0. The first-order valence-corrected chi connectivity index (χ1v) is 3.88. The van der Waals surface area contributed by atoms with Gasteiger partial charge in [-0.05, 0) is 31.6 Å². The van der Waals surface area contributed by atoms with Gasteiger partial charge in [-0.15, -0.1) is 0 Å². The largest absolute Gasteiger partial charge is 0.244 e. The monoisotopic (exact) mass is 130 g/mol. The molecule has 0 aromatic heterocycles. The summed E-state index contributed by atoms with van der Waals surface area (Å²) in [5, 5.41) is 0. The van der Waals surface area contributed by atoms with Crippen molar-refractivity contribution in [3.8, 4) is 0 Å². The predicted molar refractivity (Wildman–Crippen MR) is 37.1 cm³/mol. The van der Waals surface area contributed by atoms with Gasteiger partial charge in [0.25, 0.3) is 0 Å². The number of alkyl halides is 1. The van der Waals surface area contributed by atoms with Crippen molar-refractivity contribution in [2.24, 2.45) is 5.92 Å². The highest BCUT2D eigenvalue weighted by atomic mass is 19.1. The summed E-state index contributed by atoms with van der Waals surface area (Å²) in [7, 11) is 0. The molecule has 0 radical (unpaired) electrons. The van der Waals surface area contributed by atoms with E-state index in [4.69, 9.17) is 0 Å². The smallest absolute Gasteiger partial charge is 0.113 e. The van der Waals surface area contributed by atoms with Crippen molar-refractivity contribution < 1.29 is 4.39 Å². The van der Waals surface area contributed by atoms with Crippen molar-refractivity contribution in [1.82, 2.24) is 0 Å². The molecule has 2 unspecified atom stereocenters. The summed E-state index contributed by atoms with van der Waals surface area (Å²) in [5.41, 5.74) is -0.806. The molecule has 1 heteroatoms. The van der Waals surface area contributed by atoms with Gasteiger partial charge < -0.3 is 0 Å². The van der Waals surface area contributed by atoms with Gasteiger partial charge in [0, 0.05) is 0 Å². The molecule has 54 valence electrons. The first kappa shape index (κ1) is 7.04. The minimum atomic E-state index is -0.806. The van der Waals surface area contributed by atoms with E-state index >= 15 is 0 Å². The van der Waals surface area contributed by atoms with Crippen LogP contribution in [0.1, 0.15) is 39.5 Å². The Morgan fingerprint density at radius 3 is 2.56 bits per heavy atom. The number of rotatable bonds is 1. The molecule has 1 aliphatic rings. The molecule has 0 bridgehead atoms. The zero-order valence-electron chi connectivity index (χ0n) is 6.28. The Bertz CT molecular complexity index is 101. The second kappa shape index (κ2) is 2.28. The molecule has 1 aliphatic carbocycles. The second-order valence-electron chi connectivity index (χ2n) is 3.18. The molecule has 0 aromatic rings. The molecule has 0 saturated heterocycles. The van der Waals surface area contributed by atoms with E-state index in [9.17, 15) is 4.39 Å². The topological polar surface area (TPSA) is 0 Å². The molecule has 0 heterocycles. The van der Waals surface area contributed by atoms with Crippen molar-refractivity contribution in [3.63, 3.8) is 0 Å².